The van der Waals surface area contributed by atoms with Gasteiger partial charge in [0.2, 0.25) is 0 Å². The van der Waals surface area contributed by atoms with Gasteiger partial charge in [0.15, 0.2) is 0 Å². The highest BCUT2D eigenvalue weighted by Gasteiger charge is 2.08. The Bertz CT molecular complexity index is 283. The van der Waals surface area contributed by atoms with Crippen molar-refractivity contribution in [2.24, 2.45) is 5.90 Å². The van der Waals surface area contributed by atoms with Crippen LogP contribution in [0.2, 0.25) is 5.02 Å². The van der Waals surface area contributed by atoms with Crippen LogP contribution in [0.25, 0.3) is 0 Å². The number of rotatable bonds is 3. The lowest BCUT2D eigenvalue weighted by Crippen LogP contribution is -2.04. The first-order chi connectivity index (χ1) is 6.15. The van der Waals surface area contributed by atoms with E-state index < -0.39 is 16.7 Å². The van der Waals surface area contributed by atoms with E-state index in [4.69, 9.17) is 17.5 Å². The van der Waals surface area contributed by atoms with Crippen LogP contribution in [0.4, 0.5) is 8.78 Å². The minimum absolute atomic E-state index is 0.209. The average molecular weight is 208 g/mol. The summed E-state index contributed by atoms with van der Waals surface area (Å²) >= 11 is 5.28. The normalized spacial score (nSPS) is 10.5. The van der Waals surface area contributed by atoms with Crippen molar-refractivity contribution in [3.05, 3.63) is 34.4 Å². The molecule has 0 unspecified atom stereocenters. The van der Waals surface area contributed by atoms with Gasteiger partial charge in [-0.2, -0.15) is 0 Å². The molecule has 0 aliphatic carbocycles. The lowest BCUT2D eigenvalue weighted by Gasteiger charge is -2.02. The van der Waals surface area contributed by atoms with E-state index in [-0.39, 0.29) is 6.61 Å². The fraction of sp³-hybridized carbons (Fsp3) is 0.250. The number of hydrogen-bond donors (Lipinski definition) is 1. The standard InChI is InChI=1S/C8H8ClF2NO/c9-8-6(10)3-5(1-2-13-12)4-7(8)11/h3-4H,1-2,12H2. The fourth-order valence-electron chi connectivity index (χ4n) is 0.929. The molecule has 0 radical (unpaired) electrons. The summed E-state index contributed by atoms with van der Waals surface area (Å²) < 4.78 is 25.6. The molecule has 2 nitrogen and oxygen atoms in total. The van der Waals surface area contributed by atoms with Crippen molar-refractivity contribution in [3.8, 4) is 0 Å². The van der Waals surface area contributed by atoms with Gasteiger partial charge in [-0.1, -0.05) is 11.6 Å². The van der Waals surface area contributed by atoms with Crippen LogP contribution in [0.1, 0.15) is 5.56 Å². The monoisotopic (exact) mass is 207 g/mol. The van der Waals surface area contributed by atoms with Gasteiger partial charge in [-0.05, 0) is 24.1 Å². The average Bonchev–Trinajstić information content (AvgIpc) is 2.10. The maximum absolute atomic E-state index is 12.8. The van der Waals surface area contributed by atoms with E-state index in [1.54, 1.807) is 0 Å². The second-order valence-corrected chi connectivity index (χ2v) is 2.87. The Morgan fingerprint density at radius 3 is 2.31 bits per heavy atom. The summed E-state index contributed by atoms with van der Waals surface area (Å²) in [5.74, 6) is 3.23. The molecule has 0 atom stereocenters. The lowest BCUT2D eigenvalue weighted by atomic mass is 10.1. The molecule has 0 saturated carbocycles. The fourth-order valence-corrected chi connectivity index (χ4v) is 1.04. The predicted molar refractivity (Wildman–Crippen MR) is 45.2 cm³/mol. The SMILES string of the molecule is NOCCc1cc(F)c(Cl)c(F)c1. The Morgan fingerprint density at radius 1 is 1.31 bits per heavy atom. The van der Waals surface area contributed by atoms with Crippen LogP contribution in [-0.2, 0) is 11.3 Å². The second-order valence-electron chi connectivity index (χ2n) is 2.49. The van der Waals surface area contributed by atoms with E-state index in [1.807, 2.05) is 0 Å². The van der Waals surface area contributed by atoms with Crippen molar-refractivity contribution >= 4 is 11.6 Å². The van der Waals surface area contributed by atoms with Crippen LogP contribution in [0.15, 0.2) is 12.1 Å². The van der Waals surface area contributed by atoms with Gasteiger partial charge in [-0.15, -0.1) is 0 Å². The molecular formula is C8H8ClF2NO. The Hall–Kier alpha value is -0.710. The van der Waals surface area contributed by atoms with Gasteiger partial charge in [-0.25, -0.2) is 14.7 Å². The quantitative estimate of drug-likeness (QED) is 0.608. The Labute approximate surface area is 79.2 Å². The van der Waals surface area contributed by atoms with Crippen molar-refractivity contribution in [1.82, 2.24) is 0 Å². The van der Waals surface area contributed by atoms with E-state index in [2.05, 4.69) is 4.84 Å². The summed E-state index contributed by atoms with van der Waals surface area (Å²) in [5, 5.41) is -0.489. The maximum Gasteiger partial charge on any atom is 0.145 e. The molecule has 0 heterocycles. The highest BCUT2D eigenvalue weighted by Crippen LogP contribution is 2.20. The van der Waals surface area contributed by atoms with Crippen LogP contribution in [-0.4, -0.2) is 6.61 Å². The van der Waals surface area contributed by atoms with Crippen LogP contribution in [0.5, 0.6) is 0 Å². The third kappa shape index (κ3) is 2.62. The van der Waals surface area contributed by atoms with Gasteiger partial charge in [0.05, 0.1) is 6.61 Å². The Kier molecular flexibility index (Phi) is 3.59. The highest BCUT2D eigenvalue weighted by atomic mass is 35.5. The van der Waals surface area contributed by atoms with Gasteiger partial charge in [0, 0.05) is 0 Å². The van der Waals surface area contributed by atoms with Gasteiger partial charge < -0.3 is 4.84 Å². The lowest BCUT2D eigenvalue weighted by molar-refractivity contribution is 0.141. The molecule has 72 valence electrons. The molecule has 1 aromatic rings. The van der Waals surface area contributed by atoms with E-state index in [0.29, 0.717) is 12.0 Å². The molecule has 0 aliphatic heterocycles. The molecule has 5 heteroatoms. The first-order valence-electron chi connectivity index (χ1n) is 3.60. The zero-order valence-corrected chi connectivity index (χ0v) is 7.44. The third-order valence-corrected chi connectivity index (χ3v) is 1.91. The van der Waals surface area contributed by atoms with E-state index in [0.717, 1.165) is 12.1 Å². The van der Waals surface area contributed by atoms with E-state index in [1.165, 1.54) is 0 Å². The number of nitrogens with two attached hydrogens (primary N) is 1. The summed E-state index contributed by atoms with van der Waals surface area (Å²) in [4.78, 5) is 4.28. The van der Waals surface area contributed by atoms with E-state index in [9.17, 15) is 8.78 Å². The van der Waals surface area contributed by atoms with Gasteiger partial charge in [0.25, 0.3) is 0 Å². The summed E-state index contributed by atoms with van der Waals surface area (Å²) in [6, 6.07) is 2.31. The molecule has 0 aliphatic rings. The van der Waals surface area contributed by atoms with Crippen LogP contribution in [0, 0.1) is 11.6 Å². The summed E-state index contributed by atoms with van der Waals surface area (Å²) in [6.07, 6.45) is 0.349. The molecule has 1 rings (SSSR count). The molecule has 0 aromatic heterocycles. The first-order valence-corrected chi connectivity index (χ1v) is 3.98. The minimum Gasteiger partial charge on any atom is -0.304 e. The molecule has 0 fully saturated rings. The third-order valence-electron chi connectivity index (χ3n) is 1.55. The first kappa shape index (κ1) is 10.4. The summed E-state index contributed by atoms with van der Waals surface area (Å²) in [6.45, 7) is 0.209. The summed E-state index contributed by atoms with van der Waals surface area (Å²) in [5.41, 5.74) is 0.463. The highest BCUT2D eigenvalue weighted by molar-refractivity contribution is 6.30. The maximum atomic E-state index is 12.8. The number of benzene rings is 1. The van der Waals surface area contributed by atoms with Crippen molar-refractivity contribution in [1.29, 1.82) is 0 Å². The van der Waals surface area contributed by atoms with Gasteiger partial charge in [-0.3, -0.25) is 0 Å². The zero-order valence-electron chi connectivity index (χ0n) is 6.69. The Morgan fingerprint density at radius 2 is 1.85 bits per heavy atom. The van der Waals surface area contributed by atoms with Gasteiger partial charge in [0.1, 0.15) is 16.7 Å². The van der Waals surface area contributed by atoms with Crippen molar-refractivity contribution in [2.45, 2.75) is 6.42 Å². The van der Waals surface area contributed by atoms with Crippen LogP contribution < -0.4 is 5.90 Å². The van der Waals surface area contributed by atoms with Crippen molar-refractivity contribution in [2.75, 3.05) is 6.61 Å². The van der Waals surface area contributed by atoms with Crippen molar-refractivity contribution in [3.63, 3.8) is 0 Å². The smallest absolute Gasteiger partial charge is 0.145 e. The molecule has 13 heavy (non-hydrogen) atoms. The molecule has 1 aromatic carbocycles. The predicted octanol–water partition coefficient (Wildman–Crippen LogP) is 2.05. The molecule has 0 bridgehead atoms. The largest absolute Gasteiger partial charge is 0.304 e. The molecule has 0 saturated heterocycles. The van der Waals surface area contributed by atoms with Crippen molar-refractivity contribution < 1.29 is 13.6 Å². The topological polar surface area (TPSA) is 35.2 Å². The Balaban J connectivity index is 2.86. The minimum atomic E-state index is -0.770. The molecule has 0 spiro atoms. The van der Waals surface area contributed by atoms with Crippen LogP contribution in [0.3, 0.4) is 0 Å². The van der Waals surface area contributed by atoms with E-state index >= 15 is 0 Å². The molecular weight excluding hydrogens is 200 g/mol. The zero-order chi connectivity index (χ0) is 9.84. The van der Waals surface area contributed by atoms with Gasteiger partial charge >= 0.3 is 0 Å². The summed E-state index contributed by atoms with van der Waals surface area (Å²) in [7, 11) is 0. The number of hydrogen-bond acceptors (Lipinski definition) is 2. The molecule has 2 N–H and O–H groups in total. The molecule has 0 amide bonds. The second kappa shape index (κ2) is 4.50. The van der Waals surface area contributed by atoms with Crippen LogP contribution >= 0.6 is 11.6 Å². The number of halogens is 3.